The van der Waals surface area contributed by atoms with E-state index in [1.54, 1.807) is 42.5 Å². The van der Waals surface area contributed by atoms with E-state index in [1.165, 1.54) is 32.4 Å². The van der Waals surface area contributed by atoms with Crippen molar-refractivity contribution in [3.63, 3.8) is 0 Å². The highest BCUT2D eigenvalue weighted by atomic mass is 16.5. The topological polar surface area (TPSA) is 85.2 Å². The smallest absolute Gasteiger partial charge is 0.182 e. The Balaban J connectivity index is 2.05. The molecule has 0 bridgehead atoms. The third-order valence-electron chi connectivity index (χ3n) is 3.88. The van der Waals surface area contributed by atoms with Gasteiger partial charge in [0.1, 0.15) is 12.4 Å². The number of hydrogen-bond acceptors (Lipinski definition) is 6. The zero-order chi connectivity index (χ0) is 21.9. The van der Waals surface area contributed by atoms with E-state index in [2.05, 4.69) is 5.92 Å². The molecule has 0 aliphatic carbocycles. The molecule has 0 fully saturated rings. The summed E-state index contributed by atoms with van der Waals surface area (Å²) in [6.07, 6.45) is 12.1. The molecule has 2 aromatic rings. The van der Waals surface area contributed by atoms with Crippen molar-refractivity contribution in [2.45, 2.75) is 0 Å². The van der Waals surface area contributed by atoms with Crippen molar-refractivity contribution in [2.24, 2.45) is 0 Å². The van der Waals surface area contributed by atoms with Crippen LogP contribution < -0.4 is 14.2 Å². The first kappa shape index (κ1) is 22.2. The Morgan fingerprint density at radius 3 is 2.30 bits per heavy atom. The van der Waals surface area contributed by atoms with Crippen LogP contribution in [0.5, 0.6) is 23.0 Å². The zero-order valence-electron chi connectivity index (χ0n) is 16.7. The van der Waals surface area contributed by atoms with Gasteiger partial charge >= 0.3 is 0 Å². The summed E-state index contributed by atoms with van der Waals surface area (Å²) in [5.41, 5.74) is 1.40. The number of carbonyl (C=O) groups excluding carboxylic acids is 1. The van der Waals surface area contributed by atoms with E-state index in [9.17, 15) is 15.0 Å². The standard InChI is InChI=1S/C24H22O6/c1-4-13-30-22-12-8-18(15-24(22)29-3)6-10-20(26)16-19(25)9-5-17-7-11-21(27)23(14-17)28-2/h1,5-12,14-16,26-27H,13H2,2-3H3/b9-5+,10-6+,20-16?. The number of hydrogen-bond donors (Lipinski definition) is 2. The summed E-state index contributed by atoms with van der Waals surface area (Å²) in [4.78, 5) is 12.0. The van der Waals surface area contributed by atoms with Gasteiger partial charge in [-0.3, -0.25) is 4.79 Å². The highest BCUT2D eigenvalue weighted by Gasteiger charge is 2.04. The fraction of sp³-hybridized carbons (Fsp3) is 0.125. The Hall–Kier alpha value is -4.11. The van der Waals surface area contributed by atoms with Crippen LogP contribution in [0.25, 0.3) is 12.2 Å². The second kappa shape index (κ2) is 11.0. The molecule has 0 radical (unpaired) electrons. The minimum atomic E-state index is -0.403. The summed E-state index contributed by atoms with van der Waals surface area (Å²) in [5, 5.41) is 19.6. The van der Waals surface area contributed by atoms with Crippen molar-refractivity contribution < 1.29 is 29.2 Å². The third-order valence-corrected chi connectivity index (χ3v) is 3.88. The lowest BCUT2D eigenvalue weighted by atomic mass is 10.1. The molecule has 0 aliphatic heterocycles. The number of aliphatic hydroxyl groups excluding tert-OH is 1. The molecule has 0 unspecified atom stereocenters. The third kappa shape index (κ3) is 6.50. The minimum Gasteiger partial charge on any atom is -0.508 e. The van der Waals surface area contributed by atoms with Crippen LogP contribution in [0.3, 0.4) is 0 Å². The number of aromatic hydroxyl groups is 1. The fourth-order valence-corrected chi connectivity index (χ4v) is 2.43. The van der Waals surface area contributed by atoms with Crippen molar-refractivity contribution in [3.8, 4) is 35.3 Å². The first-order valence-electron chi connectivity index (χ1n) is 8.89. The monoisotopic (exact) mass is 406 g/mol. The predicted octanol–water partition coefficient (Wildman–Crippen LogP) is 4.16. The number of ether oxygens (including phenoxy) is 3. The van der Waals surface area contributed by atoms with E-state index in [0.29, 0.717) is 22.8 Å². The Bertz CT molecular complexity index is 1020. The van der Waals surface area contributed by atoms with Crippen LogP contribution in [-0.4, -0.2) is 36.8 Å². The molecule has 2 aromatic carbocycles. The predicted molar refractivity (Wildman–Crippen MR) is 116 cm³/mol. The fourth-order valence-electron chi connectivity index (χ4n) is 2.43. The molecule has 0 aliphatic rings. The van der Waals surface area contributed by atoms with Crippen LogP contribution in [0.15, 0.2) is 60.4 Å². The number of carbonyl (C=O) groups is 1. The number of phenols is 1. The van der Waals surface area contributed by atoms with E-state index in [0.717, 1.165) is 11.6 Å². The van der Waals surface area contributed by atoms with Gasteiger partial charge in [-0.05, 0) is 47.5 Å². The van der Waals surface area contributed by atoms with Gasteiger partial charge in [-0.1, -0.05) is 30.2 Å². The summed E-state index contributed by atoms with van der Waals surface area (Å²) in [6, 6.07) is 9.88. The van der Waals surface area contributed by atoms with Crippen molar-refractivity contribution in [1.29, 1.82) is 0 Å². The molecule has 0 heterocycles. The first-order valence-corrected chi connectivity index (χ1v) is 8.89. The minimum absolute atomic E-state index is 0.0101. The summed E-state index contributed by atoms with van der Waals surface area (Å²) < 4.78 is 15.7. The maximum atomic E-state index is 12.0. The van der Waals surface area contributed by atoms with Crippen molar-refractivity contribution in [2.75, 3.05) is 20.8 Å². The SMILES string of the molecule is C#CCOc1ccc(/C=C/C(O)=CC(=O)/C=C/c2ccc(O)c(OC)c2)cc1OC. The van der Waals surface area contributed by atoms with E-state index in [-0.39, 0.29) is 18.1 Å². The number of methoxy groups -OCH3 is 2. The molecule has 0 aromatic heterocycles. The maximum Gasteiger partial charge on any atom is 0.182 e. The van der Waals surface area contributed by atoms with Crippen LogP contribution >= 0.6 is 0 Å². The van der Waals surface area contributed by atoms with E-state index in [1.807, 2.05) is 0 Å². The molecule has 2 N–H and O–H groups in total. The molecule has 30 heavy (non-hydrogen) atoms. The lowest BCUT2D eigenvalue weighted by Crippen LogP contribution is -1.96. The second-order valence-corrected chi connectivity index (χ2v) is 5.97. The molecule has 0 saturated carbocycles. The maximum absolute atomic E-state index is 12.0. The van der Waals surface area contributed by atoms with Gasteiger partial charge in [0.15, 0.2) is 28.8 Å². The van der Waals surface area contributed by atoms with E-state index in [4.69, 9.17) is 20.6 Å². The van der Waals surface area contributed by atoms with Crippen LogP contribution in [0, 0.1) is 12.3 Å². The largest absolute Gasteiger partial charge is 0.508 e. The summed E-state index contributed by atoms with van der Waals surface area (Å²) in [5.74, 6) is 3.10. The molecule has 154 valence electrons. The number of phenolic OH excluding ortho intramolecular Hbond substituents is 1. The van der Waals surface area contributed by atoms with Crippen LogP contribution in [0.2, 0.25) is 0 Å². The number of benzene rings is 2. The summed E-state index contributed by atoms with van der Waals surface area (Å²) in [7, 11) is 2.95. The molecule has 6 heteroatoms. The van der Waals surface area contributed by atoms with Crippen molar-refractivity contribution in [3.05, 3.63) is 71.5 Å². The number of terminal acetylenes is 1. The van der Waals surface area contributed by atoms with Crippen LogP contribution in [0.1, 0.15) is 11.1 Å². The molecule has 0 saturated heterocycles. The highest BCUT2D eigenvalue weighted by molar-refractivity contribution is 6.02. The normalized spacial score (nSPS) is 11.4. The Labute approximate surface area is 175 Å². The number of aliphatic hydroxyl groups is 1. The Morgan fingerprint density at radius 1 is 1.00 bits per heavy atom. The number of ketones is 1. The first-order chi connectivity index (χ1) is 14.5. The second-order valence-electron chi connectivity index (χ2n) is 5.97. The molecule has 6 nitrogen and oxygen atoms in total. The summed E-state index contributed by atoms with van der Waals surface area (Å²) >= 11 is 0. The summed E-state index contributed by atoms with van der Waals surface area (Å²) in [6.45, 7) is 0.127. The zero-order valence-corrected chi connectivity index (χ0v) is 16.7. The van der Waals surface area contributed by atoms with Crippen LogP contribution in [0.4, 0.5) is 0 Å². The number of rotatable bonds is 9. The van der Waals surface area contributed by atoms with Crippen molar-refractivity contribution >= 4 is 17.9 Å². The number of allylic oxidation sites excluding steroid dienone is 3. The van der Waals surface area contributed by atoms with Gasteiger partial charge in [-0.25, -0.2) is 0 Å². The van der Waals surface area contributed by atoms with Crippen molar-refractivity contribution in [1.82, 2.24) is 0 Å². The quantitative estimate of drug-likeness (QED) is 0.282. The molecule has 2 rings (SSSR count). The molecular formula is C24H22O6. The Morgan fingerprint density at radius 2 is 1.63 bits per heavy atom. The highest BCUT2D eigenvalue weighted by Crippen LogP contribution is 2.29. The van der Waals surface area contributed by atoms with E-state index >= 15 is 0 Å². The average Bonchev–Trinajstić information content (AvgIpc) is 2.75. The van der Waals surface area contributed by atoms with Gasteiger partial charge in [0.25, 0.3) is 0 Å². The Kier molecular flexibility index (Phi) is 8.15. The van der Waals surface area contributed by atoms with Gasteiger partial charge in [0.2, 0.25) is 0 Å². The lowest BCUT2D eigenvalue weighted by Gasteiger charge is -2.09. The lowest BCUT2D eigenvalue weighted by molar-refractivity contribution is -0.110. The van der Waals surface area contributed by atoms with Crippen LogP contribution in [-0.2, 0) is 4.79 Å². The molecular weight excluding hydrogens is 384 g/mol. The average molecular weight is 406 g/mol. The van der Waals surface area contributed by atoms with Gasteiger partial charge in [-0.2, -0.15) is 0 Å². The van der Waals surface area contributed by atoms with Gasteiger partial charge in [0, 0.05) is 6.08 Å². The van der Waals surface area contributed by atoms with Gasteiger partial charge in [0.05, 0.1) is 14.2 Å². The molecule has 0 amide bonds. The van der Waals surface area contributed by atoms with E-state index < -0.39 is 5.78 Å². The van der Waals surface area contributed by atoms with Gasteiger partial charge < -0.3 is 24.4 Å². The van der Waals surface area contributed by atoms with Gasteiger partial charge in [-0.15, -0.1) is 6.42 Å². The molecule has 0 atom stereocenters. The molecule has 0 spiro atoms.